The lowest BCUT2D eigenvalue weighted by Crippen LogP contribution is -2.47. The first kappa shape index (κ1) is 27.2. The molecule has 0 unspecified atom stereocenters. The standard InChI is InChI=1S/C27H32N6O4S/c1-18(2)23-24(38-27(31-23)33-14-12-32(13-15-33)20-8-10-28-11-9-20)25(35)30-16-21(26(36)37)29-17-22(34)19-6-4-3-5-7-19/h3-11,18,21,29H,12-17H2,1-2H3,(H,30,35)(H,36,37)/t21-/m0/s1. The van der Waals surface area contributed by atoms with Crippen molar-refractivity contribution in [1.82, 2.24) is 20.6 Å². The van der Waals surface area contributed by atoms with Gasteiger partial charge in [-0.3, -0.25) is 24.7 Å². The number of carbonyl (C=O) groups is 3. The lowest BCUT2D eigenvalue weighted by atomic mass is 10.1. The summed E-state index contributed by atoms with van der Waals surface area (Å²) in [6.07, 6.45) is 3.57. The normalized spacial score (nSPS) is 14.4. The van der Waals surface area contributed by atoms with E-state index in [1.165, 1.54) is 11.3 Å². The third-order valence-corrected chi connectivity index (χ3v) is 7.47. The van der Waals surface area contributed by atoms with Crippen LogP contribution < -0.4 is 20.4 Å². The zero-order valence-corrected chi connectivity index (χ0v) is 22.3. The van der Waals surface area contributed by atoms with Gasteiger partial charge in [0.25, 0.3) is 5.91 Å². The van der Waals surface area contributed by atoms with Gasteiger partial charge in [0.2, 0.25) is 0 Å². The van der Waals surface area contributed by atoms with Crippen molar-refractivity contribution < 1.29 is 19.5 Å². The van der Waals surface area contributed by atoms with E-state index in [1.807, 2.05) is 26.0 Å². The molecule has 1 amide bonds. The van der Waals surface area contributed by atoms with Gasteiger partial charge in [-0.15, -0.1) is 0 Å². The maximum absolute atomic E-state index is 13.1. The second-order valence-corrected chi connectivity index (χ2v) is 10.3. The first-order valence-corrected chi connectivity index (χ1v) is 13.4. The van der Waals surface area contributed by atoms with E-state index in [2.05, 4.69) is 25.4 Å². The summed E-state index contributed by atoms with van der Waals surface area (Å²) in [5.74, 6) is -1.71. The van der Waals surface area contributed by atoms with E-state index >= 15 is 0 Å². The summed E-state index contributed by atoms with van der Waals surface area (Å²) in [5.41, 5.74) is 2.32. The molecule has 3 N–H and O–H groups in total. The number of pyridine rings is 1. The molecular weight excluding hydrogens is 504 g/mol. The molecule has 0 spiro atoms. The van der Waals surface area contributed by atoms with Gasteiger partial charge in [0.1, 0.15) is 10.9 Å². The fourth-order valence-corrected chi connectivity index (χ4v) is 5.37. The van der Waals surface area contributed by atoms with Crippen LogP contribution in [0, 0.1) is 0 Å². The van der Waals surface area contributed by atoms with Crippen LogP contribution >= 0.6 is 11.3 Å². The SMILES string of the molecule is CC(C)c1nc(N2CCN(c3ccncc3)CC2)sc1C(=O)NC[C@H](NCC(=O)c1ccccc1)C(=O)O. The molecule has 0 aliphatic carbocycles. The number of nitrogens with zero attached hydrogens (tertiary/aromatic N) is 4. The highest BCUT2D eigenvalue weighted by molar-refractivity contribution is 7.17. The minimum Gasteiger partial charge on any atom is -0.480 e. The van der Waals surface area contributed by atoms with Crippen LogP contribution in [0.2, 0.25) is 0 Å². The van der Waals surface area contributed by atoms with Crippen LogP contribution in [0.25, 0.3) is 0 Å². The molecule has 0 radical (unpaired) electrons. The molecule has 4 rings (SSSR count). The summed E-state index contributed by atoms with van der Waals surface area (Å²) in [6.45, 7) is 6.85. The van der Waals surface area contributed by atoms with Gasteiger partial charge in [-0.2, -0.15) is 0 Å². The summed E-state index contributed by atoms with van der Waals surface area (Å²) in [4.78, 5) is 51.1. The molecule has 10 nitrogen and oxygen atoms in total. The highest BCUT2D eigenvalue weighted by Gasteiger charge is 2.27. The fraction of sp³-hybridized carbons (Fsp3) is 0.370. The Morgan fingerprint density at radius 2 is 1.66 bits per heavy atom. The third kappa shape index (κ3) is 6.73. The Morgan fingerprint density at radius 3 is 2.29 bits per heavy atom. The monoisotopic (exact) mass is 536 g/mol. The molecular formula is C27H32N6O4S. The number of thiazole rings is 1. The van der Waals surface area contributed by atoms with E-state index < -0.39 is 12.0 Å². The number of rotatable bonds is 11. The van der Waals surface area contributed by atoms with E-state index in [9.17, 15) is 19.5 Å². The van der Waals surface area contributed by atoms with Crippen molar-refractivity contribution in [3.63, 3.8) is 0 Å². The molecule has 200 valence electrons. The van der Waals surface area contributed by atoms with Crippen LogP contribution in [0.5, 0.6) is 0 Å². The molecule has 1 atom stereocenters. The van der Waals surface area contributed by atoms with Gasteiger partial charge in [-0.1, -0.05) is 55.5 Å². The van der Waals surface area contributed by atoms with Crippen LogP contribution in [0.15, 0.2) is 54.9 Å². The summed E-state index contributed by atoms with van der Waals surface area (Å²) in [7, 11) is 0. The average Bonchev–Trinajstić information content (AvgIpc) is 3.40. The van der Waals surface area contributed by atoms with Gasteiger partial charge in [-0.25, -0.2) is 4.98 Å². The van der Waals surface area contributed by atoms with Crippen LogP contribution in [0.1, 0.15) is 45.5 Å². The molecule has 3 aromatic rings. The van der Waals surface area contributed by atoms with Crippen LogP contribution in [-0.4, -0.2) is 78.0 Å². The Balaban J connectivity index is 1.37. The number of benzene rings is 1. The molecule has 11 heteroatoms. The quantitative estimate of drug-likeness (QED) is 0.317. The average molecular weight is 537 g/mol. The molecule has 1 fully saturated rings. The maximum Gasteiger partial charge on any atom is 0.322 e. The molecule has 1 aliphatic heterocycles. The van der Waals surface area contributed by atoms with Crippen molar-refractivity contribution in [2.45, 2.75) is 25.8 Å². The van der Waals surface area contributed by atoms with Crippen molar-refractivity contribution in [3.05, 3.63) is 71.0 Å². The number of aliphatic carboxylic acids is 1. The Morgan fingerprint density at radius 1 is 1.00 bits per heavy atom. The molecule has 1 aliphatic rings. The van der Waals surface area contributed by atoms with E-state index in [-0.39, 0.29) is 30.7 Å². The number of hydrogen-bond donors (Lipinski definition) is 3. The highest BCUT2D eigenvalue weighted by atomic mass is 32.1. The van der Waals surface area contributed by atoms with Gasteiger partial charge in [0.15, 0.2) is 10.9 Å². The predicted octanol–water partition coefficient (Wildman–Crippen LogP) is 2.64. The molecule has 1 saturated heterocycles. The van der Waals surface area contributed by atoms with Gasteiger partial charge in [0, 0.05) is 56.4 Å². The van der Waals surface area contributed by atoms with Gasteiger partial charge < -0.3 is 20.2 Å². The van der Waals surface area contributed by atoms with Crippen molar-refractivity contribution >= 4 is 39.8 Å². The first-order chi connectivity index (χ1) is 18.3. The number of Topliss-reactive ketones (excluding diaryl/α,β-unsaturated/α-hetero) is 1. The zero-order valence-electron chi connectivity index (χ0n) is 21.5. The fourth-order valence-electron chi connectivity index (χ4n) is 4.18. The number of carboxylic acid groups (broad SMARTS) is 1. The van der Waals surface area contributed by atoms with Crippen molar-refractivity contribution in [1.29, 1.82) is 0 Å². The minimum absolute atomic E-state index is 0.0238. The number of hydrogen-bond acceptors (Lipinski definition) is 9. The topological polar surface area (TPSA) is 128 Å². The molecule has 0 bridgehead atoms. The van der Waals surface area contributed by atoms with Gasteiger partial charge in [-0.05, 0) is 18.1 Å². The Kier molecular flexibility index (Phi) is 9.03. The van der Waals surface area contributed by atoms with Gasteiger partial charge >= 0.3 is 5.97 Å². The largest absolute Gasteiger partial charge is 0.480 e. The number of carbonyl (C=O) groups excluding carboxylic acids is 2. The first-order valence-electron chi connectivity index (χ1n) is 12.6. The number of carboxylic acids is 1. The van der Waals surface area contributed by atoms with E-state index in [0.29, 0.717) is 16.1 Å². The van der Waals surface area contributed by atoms with Crippen molar-refractivity contribution in [2.75, 3.05) is 49.1 Å². The smallest absolute Gasteiger partial charge is 0.322 e. The molecule has 38 heavy (non-hydrogen) atoms. The second kappa shape index (κ2) is 12.6. The number of anilines is 2. The molecule has 2 aromatic heterocycles. The number of piperazine rings is 1. The van der Waals surface area contributed by atoms with E-state index in [1.54, 1.807) is 42.7 Å². The summed E-state index contributed by atoms with van der Waals surface area (Å²) in [6, 6.07) is 11.5. The minimum atomic E-state index is -1.15. The second-order valence-electron chi connectivity index (χ2n) is 9.32. The summed E-state index contributed by atoms with van der Waals surface area (Å²) >= 11 is 1.33. The number of aromatic nitrogens is 2. The number of amides is 1. The van der Waals surface area contributed by atoms with Gasteiger partial charge in [0.05, 0.1) is 12.2 Å². The highest BCUT2D eigenvalue weighted by Crippen LogP contribution is 2.31. The molecule has 0 saturated carbocycles. The number of nitrogens with one attached hydrogen (secondary N) is 2. The number of ketones is 1. The third-order valence-electron chi connectivity index (χ3n) is 6.34. The van der Waals surface area contributed by atoms with Crippen molar-refractivity contribution in [2.24, 2.45) is 0 Å². The zero-order chi connectivity index (χ0) is 27.1. The van der Waals surface area contributed by atoms with E-state index in [0.717, 1.165) is 37.0 Å². The lowest BCUT2D eigenvalue weighted by molar-refractivity contribution is -0.139. The Bertz CT molecular complexity index is 1240. The van der Waals surface area contributed by atoms with Crippen molar-refractivity contribution in [3.8, 4) is 0 Å². The Labute approximate surface area is 225 Å². The molecule has 1 aromatic carbocycles. The summed E-state index contributed by atoms with van der Waals surface area (Å²) < 4.78 is 0. The Hall–Kier alpha value is -3.83. The molecule has 3 heterocycles. The lowest BCUT2D eigenvalue weighted by Gasteiger charge is -2.35. The van der Waals surface area contributed by atoms with Crippen LogP contribution in [0.4, 0.5) is 10.8 Å². The summed E-state index contributed by atoms with van der Waals surface area (Å²) in [5, 5.41) is 15.9. The van der Waals surface area contributed by atoms with E-state index in [4.69, 9.17) is 4.98 Å². The predicted molar refractivity (Wildman–Crippen MR) is 147 cm³/mol. The van der Waals surface area contributed by atoms with Crippen LogP contribution in [0.3, 0.4) is 0 Å². The maximum atomic E-state index is 13.1. The van der Waals surface area contributed by atoms with Crippen LogP contribution in [-0.2, 0) is 4.79 Å².